The Kier molecular flexibility index (Phi) is 3.06. The van der Waals surface area contributed by atoms with Gasteiger partial charge in [-0.25, -0.2) is 0 Å². The van der Waals surface area contributed by atoms with Crippen LogP contribution in [0.1, 0.15) is 25.0 Å². The van der Waals surface area contributed by atoms with Crippen molar-refractivity contribution in [3.05, 3.63) is 35.6 Å². The van der Waals surface area contributed by atoms with E-state index in [-0.39, 0.29) is 0 Å². The highest BCUT2D eigenvalue weighted by molar-refractivity contribution is 7.99. The van der Waals surface area contributed by atoms with Crippen molar-refractivity contribution in [2.24, 2.45) is 0 Å². The molecule has 15 heavy (non-hydrogen) atoms. The topological polar surface area (TPSA) is 13.1 Å². The number of furan rings is 1. The number of fused-ring (bicyclic) bond motifs is 1. The molecule has 0 radical (unpaired) electrons. The Balaban J connectivity index is 2.35. The van der Waals surface area contributed by atoms with Crippen LogP contribution in [0, 0.1) is 6.92 Å². The predicted octanol–water partition coefficient (Wildman–Crippen LogP) is 4.38. The highest BCUT2D eigenvalue weighted by atomic mass is 32.2. The van der Waals surface area contributed by atoms with Gasteiger partial charge in [0.05, 0.1) is 6.26 Å². The summed E-state index contributed by atoms with van der Waals surface area (Å²) in [7, 11) is 0. The second kappa shape index (κ2) is 4.31. The van der Waals surface area contributed by atoms with Crippen molar-refractivity contribution < 1.29 is 4.42 Å². The summed E-state index contributed by atoms with van der Waals surface area (Å²) in [6.45, 7) is 6.58. The van der Waals surface area contributed by atoms with Gasteiger partial charge < -0.3 is 4.42 Å². The van der Waals surface area contributed by atoms with E-state index in [0.29, 0.717) is 5.25 Å². The van der Waals surface area contributed by atoms with E-state index in [0.717, 1.165) is 11.3 Å². The van der Waals surface area contributed by atoms with Gasteiger partial charge in [-0.15, -0.1) is 0 Å². The highest BCUT2D eigenvalue weighted by Gasteiger charge is 2.08. The lowest BCUT2D eigenvalue weighted by atomic mass is 10.1. The molecular weight excluding hydrogens is 204 g/mol. The minimum absolute atomic E-state index is 0.666. The van der Waals surface area contributed by atoms with Crippen LogP contribution in [0.15, 0.2) is 28.9 Å². The van der Waals surface area contributed by atoms with E-state index in [1.165, 1.54) is 16.5 Å². The fraction of sp³-hybridized carbons (Fsp3) is 0.385. The second-order valence-electron chi connectivity index (χ2n) is 4.07. The molecule has 0 aliphatic rings. The van der Waals surface area contributed by atoms with Crippen molar-refractivity contribution >= 4 is 22.7 Å². The highest BCUT2D eigenvalue weighted by Crippen LogP contribution is 2.28. The number of thioether (sulfide) groups is 1. The van der Waals surface area contributed by atoms with E-state index in [9.17, 15) is 0 Å². The van der Waals surface area contributed by atoms with E-state index in [2.05, 4.69) is 26.8 Å². The summed E-state index contributed by atoms with van der Waals surface area (Å²) in [6.07, 6.45) is 1.90. The quantitative estimate of drug-likeness (QED) is 0.761. The molecule has 0 N–H and O–H groups in total. The molecule has 2 rings (SSSR count). The zero-order valence-corrected chi connectivity index (χ0v) is 10.2. The first kappa shape index (κ1) is 10.6. The molecule has 1 aromatic heterocycles. The lowest BCUT2D eigenvalue weighted by Crippen LogP contribution is -1.88. The van der Waals surface area contributed by atoms with Gasteiger partial charge >= 0.3 is 0 Å². The van der Waals surface area contributed by atoms with E-state index < -0.39 is 0 Å². The van der Waals surface area contributed by atoms with Crippen molar-refractivity contribution in [1.82, 2.24) is 0 Å². The molecule has 1 aromatic carbocycles. The molecule has 0 saturated carbocycles. The molecule has 0 aliphatic carbocycles. The number of aryl methyl sites for hydroxylation is 1. The largest absolute Gasteiger partial charge is 0.464 e. The predicted molar refractivity (Wildman–Crippen MR) is 67.4 cm³/mol. The molecule has 0 bridgehead atoms. The SMILES string of the molecule is Cc1cccc2occ(CSC(C)C)c12. The van der Waals surface area contributed by atoms with E-state index >= 15 is 0 Å². The van der Waals surface area contributed by atoms with Gasteiger partial charge in [0, 0.05) is 16.7 Å². The van der Waals surface area contributed by atoms with E-state index in [1.807, 2.05) is 30.2 Å². The van der Waals surface area contributed by atoms with Crippen LogP contribution in [0.25, 0.3) is 11.0 Å². The van der Waals surface area contributed by atoms with Crippen LogP contribution in [-0.2, 0) is 5.75 Å². The summed E-state index contributed by atoms with van der Waals surface area (Å²) >= 11 is 1.95. The third-order valence-corrected chi connectivity index (χ3v) is 3.60. The van der Waals surface area contributed by atoms with Gasteiger partial charge in [0.2, 0.25) is 0 Å². The minimum Gasteiger partial charge on any atom is -0.464 e. The Bertz CT molecular complexity index is 457. The van der Waals surface area contributed by atoms with E-state index in [4.69, 9.17) is 4.42 Å². The van der Waals surface area contributed by atoms with Crippen LogP contribution >= 0.6 is 11.8 Å². The first-order chi connectivity index (χ1) is 7.18. The first-order valence-electron chi connectivity index (χ1n) is 5.26. The average molecular weight is 220 g/mol. The average Bonchev–Trinajstić information content (AvgIpc) is 2.59. The van der Waals surface area contributed by atoms with Gasteiger partial charge in [-0.05, 0) is 23.8 Å². The second-order valence-corrected chi connectivity index (χ2v) is 5.63. The van der Waals surface area contributed by atoms with Crippen LogP contribution in [0.5, 0.6) is 0 Å². The Morgan fingerprint density at radius 1 is 1.33 bits per heavy atom. The number of hydrogen-bond donors (Lipinski definition) is 0. The van der Waals surface area contributed by atoms with Crippen molar-refractivity contribution in [2.45, 2.75) is 31.8 Å². The molecule has 0 atom stereocenters. The third-order valence-electron chi connectivity index (χ3n) is 2.46. The van der Waals surface area contributed by atoms with Gasteiger partial charge in [-0.3, -0.25) is 0 Å². The maximum absolute atomic E-state index is 5.55. The van der Waals surface area contributed by atoms with Gasteiger partial charge in [0.1, 0.15) is 5.58 Å². The molecule has 1 nitrogen and oxygen atoms in total. The van der Waals surface area contributed by atoms with Gasteiger partial charge in [-0.2, -0.15) is 11.8 Å². The fourth-order valence-corrected chi connectivity index (χ4v) is 2.43. The number of hydrogen-bond acceptors (Lipinski definition) is 2. The molecule has 0 amide bonds. The molecule has 80 valence electrons. The van der Waals surface area contributed by atoms with Gasteiger partial charge in [-0.1, -0.05) is 26.0 Å². The van der Waals surface area contributed by atoms with Crippen molar-refractivity contribution in [3.8, 4) is 0 Å². The smallest absolute Gasteiger partial charge is 0.134 e. The third kappa shape index (κ3) is 2.20. The molecular formula is C13H16OS. The Hall–Kier alpha value is -0.890. The Morgan fingerprint density at radius 3 is 2.87 bits per heavy atom. The summed E-state index contributed by atoms with van der Waals surface area (Å²) in [4.78, 5) is 0. The summed E-state index contributed by atoms with van der Waals surface area (Å²) < 4.78 is 5.55. The summed E-state index contributed by atoms with van der Waals surface area (Å²) in [5.41, 5.74) is 3.64. The Labute approximate surface area is 94.9 Å². The normalized spacial score (nSPS) is 11.5. The zero-order valence-electron chi connectivity index (χ0n) is 9.41. The maximum atomic E-state index is 5.55. The van der Waals surface area contributed by atoms with Crippen molar-refractivity contribution in [3.63, 3.8) is 0 Å². The van der Waals surface area contributed by atoms with Crippen molar-refractivity contribution in [2.75, 3.05) is 0 Å². The minimum atomic E-state index is 0.666. The molecule has 0 saturated heterocycles. The lowest BCUT2D eigenvalue weighted by Gasteiger charge is -2.03. The fourth-order valence-electron chi connectivity index (χ4n) is 1.71. The zero-order chi connectivity index (χ0) is 10.8. The van der Waals surface area contributed by atoms with E-state index in [1.54, 1.807) is 0 Å². The van der Waals surface area contributed by atoms with Gasteiger partial charge in [0.15, 0.2) is 0 Å². The van der Waals surface area contributed by atoms with Crippen molar-refractivity contribution in [1.29, 1.82) is 0 Å². The van der Waals surface area contributed by atoms with Crippen LogP contribution in [-0.4, -0.2) is 5.25 Å². The monoisotopic (exact) mass is 220 g/mol. The molecule has 2 aromatic rings. The lowest BCUT2D eigenvalue weighted by molar-refractivity contribution is 0.612. The number of benzene rings is 1. The maximum Gasteiger partial charge on any atom is 0.134 e. The molecule has 0 aliphatic heterocycles. The van der Waals surface area contributed by atoms with Gasteiger partial charge in [0.25, 0.3) is 0 Å². The van der Waals surface area contributed by atoms with Crippen LogP contribution in [0.3, 0.4) is 0 Å². The van der Waals surface area contributed by atoms with Crippen LogP contribution < -0.4 is 0 Å². The molecule has 0 spiro atoms. The van der Waals surface area contributed by atoms with Crippen LogP contribution in [0.2, 0.25) is 0 Å². The molecule has 0 fully saturated rings. The molecule has 1 heterocycles. The van der Waals surface area contributed by atoms with Crippen LogP contribution in [0.4, 0.5) is 0 Å². The number of rotatable bonds is 3. The standard InChI is InChI=1S/C13H16OS/c1-9(2)15-8-11-7-14-12-6-4-5-10(3)13(11)12/h4-7,9H,8H2,1-3H3. The summed E-state index contributed by atoms with van der Waals surface area (Å²) in [6, 6.07) is 6.22. The summed E-state index contributed by atoms with van der Waals surface area (Å²) in [5, 5.41) is 1.96. The Morgan fingerprint density at radius 2 is 2.13 bits per heavy atom. The molecule has 0 unspecified atom stereocenters. The molecule has 2 heteroatoms. The first-order valence-corrected chi connectivity index (χ1v) is 6.30. The summed E-state index contributed by atoms with van der Waals surface area (Å²) in [5.74, 6) is 1.04.